The first-order chi connectivity index (χ1) is 7.58. The minimum atomic E-state index is 0.556. The number of hydrogen-bond acceptors (Lipinski definition) is 1. The first kappa shape index (κ1) is 13.2. The number of aryl methyl sites for hydroxylation is 1. The van der Waals surface area contributed by atoms with Crippen LogP contribution in [0.3, 0.4) is 0 Å². The molecule has 1 N–H and O–H groups in total. The summed E-state index contributed by atoms with van der Waals surface area (Å²) in [4.78, 5) is 0. The van der Waals surface area contributed by atoms with Crippen LogP contribution in [-0.4, -0.2) is 6.04 Å². The van der Waals surface area contributed by atoms with Crippen LogP contribution >= 0.6 is 0 Å². The molecule has 0 amide bonds. The van der Waals surface area contributed by atoms with E-state index in [1.165, 1.54) is 24.0 Å². The third kappa shape index (κ3) is 5.32. The first-order valence-corrected chi connectivity index (χ1v) is 6.39. The summed E-state index contributed by atoms with van der Waals surface area (Å²) < 4.78 is 0. The zero-order valence-electron chi connectivity index (χ0n) is 11.1. The molecule has 1 aromatic carbocycles. The fourth-order valence-electron chi connectivity index (χ4n) is 1.60. The fraction of sp³-hybridized carbons (Fsp3) is 0.600. The van der Waals surface area contributed by atoms with E-state index in [0.717, 1.165) is 12.5 Å². The smallest absolute Gasteiger partial charge is 0.0207 e. The molecule has 0 aromatic heterocycles. The maximum absolute atomic E-state index is 3.43. The first-order valence-electron chi connectivity index (χ1n) is 6.39. The highest BCUT2D eigenvalue weighted by molar-refractivity contribution is 5.22. The SMILES string of the molecule is CC(C)CCc1ccc(CNC(C)C)cc1. The van der Waals surface area contributed by atoms with Gasteiger partial charge in [-0.2, -0.15) is 0 Å². The molecule has 1 rings (SSSR count). The van der Waals surface area contributed by atoms with Gasteiger partial charge in [0.25, 0.3) is 0 Å². The van der Waals surface area contributed by atoms with Crippen molar-refractivity contribution in [2.45, 2.75) is 53.1 Å². The van der Waals surface area contributed by atoms with Gasteiger partial charge >= 0.3 is 0 Å². The van der Waals surface area contributed by atoms with Gasteiger partial charge in [-0.15, -0.1) is 0 Å². The zero-order chi connectivity index (χ0) is 12.0. The Morgan fingerprint density at radius 2 is 1.50 bits per heavy atom. The molecule has 1 nitrogen and oxygen atoms in total. The summed E-state index contributed by atoms with van der Waals surface area (Å²) in [6.07, 6.45) is 2.49. The molecule has 1 aromatic rings. The van der Waals surface area contributed by atoms with Gasteiger partial charge < -0.3 is 5.32 Å². The molecule has 0 unspecified atom stereocenters. The average Bonchev–Trinajstić information content (AvgIpc) is 2.25. The quantitative estimate of drug-likeness (QED) is 0.768. The van der Waals surface area contributed by atoms with E-state index in [4.69, 9.17) is 0 Å². The summed E-state index contributed by atoms with van der Waals surface area (Å²) in [5.41, 5.74) is 2.84. The van der Waals surface area contributed by atoms with Gasteiger partial charge in [0.1, 0.15) is 0 Å². The summed E-state index contributed by atoms with van der Waals surface area (Å²) in [7, 11) is 0. The molecular formula is C15H25N. The molecule has 0 saturated carbocycles. The molecule has 0 atom stereocenters. The van der Waals surface area contributed by atoms with Gasteiger partial charge in [0.2, 0.25) is 0 Å². The van der Waals surface area contributed by atoms with E-state index in [0.29, 0.717) is 6.04 Å². The summed E-state index contributed by atoms with van der Waals surface area (Å²) >= 11 is 0. The van der Waals surface area contributed by atoms with Crippen molar-refractivity contribution in [2.75, 3.05) is 0 Å². The second-order valence-corrected chi connectivity index (χ2v) is 5.28. The van der Waals surface area contributed by atoms with Crippen LogP contribution < -0.4 is 5.32 Å². The second-order valence-electron chi connectivity index (χ2n) is 5.28. The summed E-state index contributed by atoms with van der Waals surface area (Å²) in [5.74, 6) is 0.794. The van der Waals surface area contributed by atoms with E-state index < -0.39 is 0 Å². The van der Waals surface area contributed by atoms with Gasteiger partial charge in [0.05, 0.1) is 0 Å². The van der Waals surface area contributed by atoms with E-state index in [-0.39, 0.29) is 0 Å². The average molecular weight is 219 g/mol. The standard InChI is InChI=1S/C15H25N/c1-12(2)5-6-14-7-9-15(10-8-14)11-16-13(3)4/h7-10,12-13,16H,5-6,11H2,1-4H3. The molecule has 0 heterocycles. The molecule has 0 aliphatic carbocycles. The Kier molecular flexibility index (Phi) is 5.54. The highest BCUT2D eigenvalue weighted by Crippen LogP contribution is 2.10. The van der Waals surface area contributed by atoms with Crippen molar-refractivity contribution in [1.82, 2.24) is 5.32 Å². The van der Waals surface area contributed by atoms with Crippen molar-refractivity contribution in [2.24, 2.45) is 5.92 Å². The number of rotatable bonds is 6. The van der Waals surface area contributed by atoms with Crippen LogP contribution in [0.1, 0.15) is 45.2 Å². The number of nitrogens with one attached hydrogen (secondary N) is 1. The van der Waals surface area contributed by atoms with Crippen molar-refractivity contribution in [3.05, 3.63) is 35.4 Å². The molecule has 1 heteroatoms. The minimum Gasteiger partial charge on any atom is -0.310 e. The zero-order valence-corrected chi connectivity index (χ0v) is 11.1. The van der Waals surface area contributed by atoms with Gasteiger partial charge in [0, 0.05) is 12.6 Å². The largest absolute Gasteiger partial charge is 0.310 e. The van der Waals surface area contributed by atoms with E-state index >= 15 is 0 Å². The van der Waals surface area contributed by atoms with Crippen LogP contribution in [0.15, 0.2) is 24.3 Å². The second kappa shape index (κ2) is 6.70. The van der Waals surface area contributed by atoms with Gasteiger partial charge in [-0.05, 0) is 29.9 Å². The van der Waals surface area contributed by atoms with Crippen LogP contribution in [-0.2, 0) is 13.0 Å². The molecule has 0 bridgehead atoms. The van der Waals surface area contributed by atoms with Crippen LogP contribution in [0.25, 0.3) is 0 Å². The summed E-state index contributed by atoms with van der Waals surface area (Å²) in [6, 6.07) is 9.57. The Bertz CT molecular complexity index is 254. The molecule has 90 valence electrons. The van der Waals surface area contributed by atoms with E-state index in [1.54, 1.807) is 0 Å². The van der Waals surface area contributed by atoms with Crippen LogP contribution in [0.2, 0.25) is 0 Å². The Balaban J connectivity index is 2.41. The van der Waals surface area contributed by atoms with Crippen molar-refractivity contribution in [1.29, 1.82) is 0 Å². The van der Waals surface area contributed by atoms with Gasteiger partial charge in [-0.3, -0.25) is 0 Å². The lowest BCUT2D eigenvalue weighted by Gasteiger charge is -2.09. The lowest BCUT2D eigenvalue weighted by atomic mass is 10.0. The minimum absolute atomic E-state index is 0.556. The molecule has 0 fully saturated rings. The fourth-order valence-corrected chi connectivity index (χ4v) is 1.60. The Morgan fingerprint density at radius 3 is 2.00 bits per heavy atom. The highest BCUT2D eigenvalue weighted by Gasteiger charge is 1.98. The maximum atomic E-state index is 3.43. The molecule has 16 heavy (non-hydrogen) atoms. The maximum Gasteiger partial charge on any atom is 0.0207 e. The lowest BCUT2D eigenvalue weighted by Crippen LogP contribution is -2.21. The topological polar surface area (TPSA) is 12.0 Å². The predicted molar refractivity (Wildman–Crippen MR) is 71.6 cm³/mol. The van der Waals surface area contributed by atoms with Crippen LogP contribution in [0.4, 0.5) is 0 Å². The molecule has 0 aliphatic heterocycles. The lowest BCUT2D eigenvalue weighted by molar-refractivity contribution is 0.584. The monoisotopic (exact) mass is 219 g/mol. The normalized spacial score (nSPS) is 11.4. The van der Waals surface area contributed by atoms with Gasteiger partial charge in [-0.1, -0.05) is 52.0 Å². The van der Waals surface area contributed by atoms with Crippen molar-refractivity contribution >= 4 is 0 Å². The number of benzene rings is 1. The Labute approximate surface area is 100 Å². The third-order valence-electron chi connectivity index (χ3n) is 2.75. The molecule has 0 aliphatic rings. The highest BCUT2D eigenvalue weighted by atomic mass is 14.9. The van der Waals surface area contributed by atoms with Crippen molar-refractivity contribution < 1.29 is 0 Å². The van der Waals surface area contributed by atoms with E-state index in [2.05, 4.69) is 57.3 Å². The molecule has 0 spiro atoms. The molecule has 0 radical (unpaired) electrons. The Morgan fingerprint density at radius 1 is 0.938 bits per heavy atom. The summed E-state index contributed by atoms with van der Waals surface area (Å²) in [6.45, 7) is 9.89. The van der Waals surface area contributed by atoms with Gasteiger partial charge in [-0.25, -0.2) is 0 Å². The summed E-state index contributed by atoms with van der Waals surface area (Å²) in [5, 5.41) is 3.43. The van der Waals surface area contributed by atoms with Crippen LogP contribution in [0.5, 0.6) is 0 Å². The number of hydrogen-bond donors (Lipinski definition) is 1. The van der Waals surface area contributed by atoms with E-state index in [1.807, 2.05) is 0 Å². The van der Waals surface area contributed by atoms with Gasteiger partial charge in [0.15, 0.2) is 0 Å². The molecule has 0 saturated heterocycles. The van der Waals surface area contributed by atoms with E-state index in [9.17, 15) is 0 Å². The molecular weight excluding hydrogens is 194 g/mol. The van der Waals surface area contributed by atoms with Crippen molar-refractivity contribution in [3.63, 3.8) is 0 Å². The predicted octanol–water partition coefficient (Wildman–Crippen LogP) is 3.77. The Hall–Kier alpha value is -0.820. The van der Waals surface area contributed by atoms with Crippen LogP contribution in [0, 0.1) is 5.92 Å². The van der Waals surface area contributed by atoms with Crippen molar-refractivity contribution in [3.8, 4) is 0 Å². The third-order valence-corrected chi connectivity index (χ3v) is 2.75.